The van der Waals surface area contributed by atoms with E-state index in [0.717, 1.165) is 25.3 Å². The fraction of sp³-hybridized carbons (Fsp3) is 0.833. The summed E-state index contributed by atoms with van der Waals surface area (Å²) in [6.45, 7) is 4.03. The second kappa shape index (κ2) is 5.60. The third-order valence-corrected chi connectivity index (χ3v) is 3.29. The maximum atomic E-state index is 9.23. The van der Waals surface area contributed by atoms with Gasteiger partial charge in [-0.15, -0.1) is 0 Å². The molecule has 0 spiro atoms. The summed E-state index contributed by atoms with van der Waals surface area (Å²) in [5.41, 5.74) is 0. The van der Waals surface area contributed by atoms with Gasteiger partial charge >= 0.3 is 0 Å². The lowest BCUT2D eigenvalue weighted by Crippen LogP contribution is -2.31. The summed E-state index contributed by atoms with van der Waals surface area (Å²) in [7, 11) is 2.16. The van der Waals surface area contributed by atoms with Gasteiger partial charge in [0.25, 0.3) is 0 Å². The van der Waals surface area contributed by atoms with Gasteiger partial charge in [-0.2, -0.15) is 4.98 Å². The second-order valence-corrected chi connectivity index (χ2v) is 5.11. The maximum absolute atomic E-state index is 9.23. The molecule has 0 amide bonds. The average molecular weight is 239 g/mol. The van der Waals surface area contributed by atoms with Crippen LogP contribution in [0.1, 0.15) is 31.5 Å². The number of aliphatic hydroxyl groups is 1. The van der Waals surface area contributed by atoms with Crippen molar-refractivity contribution >= 4 is 0 Å². The summed E-state index contributed by atoms with van der Waals surface area (Å²) >= 11 is 0. The van der Waals surface area contributed by atoms with E-state index in [4.69, 9.17) is 4.52 Å². The zero-order chi connectivity index (χ0) is 12.3. The zero-order valence-electron chi connectivity index (χ0n) is 10.6. The Hall–Kier alpha value is -0.940. The smallest absolute Gasteiger partial charge is 0.229 e. The van der Waals surface area contributed by atoms with Crippen LogP contribution in [0.3, 0.4) is 0 Å². The van der Waals surface area contributed by atoms with Gasteiger partial charge in [0.1, 0.15) is 0 Å². The molecule has 1 saturated heterocycles. The van der Waals surface area contributed by atoms with Gasteiger partial charge in [0.2, 0.25) is 5.89 Å². The molecule has 0 aliphatic carbocycles. The minimum atomic E-state index is -0.424. The highest BCUT2D eigenvalue weighted by Gasteiger charge is 2.19. The number of nitrogens with zero attached hydrogens (tertiary/aromatic N) is 3. The van der Waals surface area contributed by atoms with E-state index in [2.05, 4.69) is 22.1 Å². The molecule has 1 unspecified atom stereocenters. The van der Waals surface area contributed by atoms with Crippen molar-refractivity contribution in [1.82, 2.24) is 15.0 Å². The standard InChI is InChI=1S/C12H21N3O2/c1-9(16)7-12-13-11(14-17-12)8-10-3-5-15(2)6-4-10/h9-10,16H,3-8H2,1-2H3. The Morgan fingerprint density at radius 1 is 1.47 bits per heavy atom. The first kappa shape index (κ1) is 12.5. The number of aliphatic hydroxyl groups excluding tert-OH is 1. The molecule has 2 rings (SSSR count). The predicted molar refractivity (Wildman–Crippen MR) is 63.6 cm³/mol. The van der Waals surface area contributed by atoms with E-state index in [9.17, 15) is 5.11 Å². The summed E-state index contributed by atoms with van der Waals surface area (Å²) in [6.07, 6.45) is 3.33. The molecular weight excluding hydrogens is 218 g/mol. The summed E-state index contributed by atoms with van der Waals surface area (Å²) in [5, 5.41) is 13.2. The molecule has 96 valence electrons. The van der Waals surface area contributed by atoms with Crippen LogP contribution in [0.15, 0.2) is 4.52 Å². The Morgan fingerprint density at radius 2 is 2.18 bits per heavy atom. The van der Waals surface area contributed by atoms with Crippen molar-refractivity contribution < 1.29 is 9.63 Å². The summed E-state index contributed by atoms with van der Waals surface area (Å²) < 4.78 is 5.11. The van der Waals surface area contributed by atoms with E-state index in [1.54, 1.807) is 6.92 Å². The van der Waals surface area contributed by atoms with Crippen molar-refractivity contribution in [1.29, 1.82) is 0 Å². The number of hydrogen-bond acceptors (Lipinski definition) is 5. The Bertz CT molecular complexity index is 343. The predicted octanol–water partition coefficient (Wildman–Crippen LogP) is 0.877. The van der Waals surface area contributed by atoms with Gasteiger partial charge in [-0.3, -0.25) is 0 Å². The van der Waals surface area contributed by atoms with Crippen LogP contribution in [0.2, 0.25) is 0 Å². The molecule has 1 aromatic heterocycles. The van der Waals surface area contributed by atoms with E-state index in [1.807, 2.05) is 0 Å². The van der Waals surface area contributed by atoms with Crippen LogP contribution in [0.4, 0.5) is 0 Å². The van der Waals surface area contributed by atoms with E-state index < -0.39 is 6.10 Å². The Labute approximate surface area is 102 Å². The first-order chi connectivity index (χ1) is 8.13. The van der Waals surface area contributed by atoms with Gasteiger partial charge in [-0.25, -0.2) is 0 Å². The van der Waals surface area contributed by atoms with Crippen LogP contribution in [0.25, 0.3) is 0 Å². The summed E-state index contributed by atoms with van der Waals surface area (Å²) in [5.74, 6) is 2.00. The quantitative estimate of drug-likeness (QED) is 0.845. The molecule has 0 bridgehead atoms. The molecule has 1 aliphatic heterocycles. The minimum absolute atomic E-state index is 0.424. The lowest BCUT2D eigenvalue weighted by molar-refractivity contribution is 0.181. The highest BCUT2D eigenvalue weighted by atomic mass is 16.5. The van der Waals surface area contributed by atoms with E-state index in [1.165, 1.54) is 12.8 Å². The first-order valence-corrected chi connectivity index (χ1v) is 6.31. The minimum Gasteiger partial charge on any atom is -0.393 e. The number of piperidine rings is 1. The Kier molecular flexibility index (Phi) is 4.12. The van der Waals surface area contributed by atoms with Gasteiger partial charge < -0.3 is 14.5 Å². The van der Waals surface area contributed by atoms with Gasteiger partial charge in [-0.1, -0.05) is 5.16 Å². The third kappa shape index (κ3) is 3.78. The fourth-order valence-electron chi connectivity index (χ4n) is 2.23. The normalized spacial score (nSPS) is 20.6. The average Bonchev–Trinajstić information content (AvgIpc) is 2.68. The van der Waals surface area contributed by atoms with Crippen LogP contribution >= 0.6 is 0 Å². The number of hydrogen-bond donors (Lipinski definition) is 1. The van der Waals surface area contributed by atoms with E-state index in [-0.39, 0.29) is 0 Å². The second-order valence-electron chi connectivity index (χ2n) is 5.11. The number of likely N-dealkylation sites (tertiary alicyclic amines) is 1. The molecular formula is C12H21N3O2. The van der Waals surface area contributed by atoms with Crippen LogP contribution in [-0.2, 0) is 12.8 Å². The summed E-state index contributed by atoms with van der Waals surface area (Å²) in [6, 6.07) is 0. The number of aromatic nitrogens is 2. The first-order valence-electron chi connectivity index (χ1n) is 6.31. The van der Waals surface area contributed by atoms with Gasteiger partial charge in [0.05, 0.1) is 12.5 Å². The summed E-state index contributed by atoms with van der Waals surface area (Å²) in [4.78, 5) is 6.66. The molecule has 2 heterocycles. The molecule has 0 aromatic carbocycles. The molecule has 17 heavy (non-hydrogen) atoms. The van der Waals surface area contributed by atoms with Crippen LogP contribution < -0.4 is 0 Å². The topological polar surface area (TPSA) is 62.4 Å². The van der Waals surface area contributed by atoms with E-state index >= 15 is 0 Å². The SMILES string of the molecule is CC(O)Cc1nc(CC2CCN(C)CC2)no1. The molecule has 1 N–H and O–H groups in total. The molecule has 1 aliphatic rings. The monoisotopic (exact) mass is 239 g/mol. The highest BCUT2D eigenvalue weighted by molar-refractivity contribution is 4.90. The van der Waals surface area contributed by atoms with Crippen LogP contribution in [0.5, 0.6) is 0 Å². The lowest BCUT2D eigenvalue weighted by atomic mass is 9.94. The van der Waals surface area contributed by atoms with Crippen molar-refractivity contribution in [2.24, 2.45) is 5.92 Å². The molecule has 5 heteroatoms. The van der Waals surface area contributed by atoms with Crippen molar-refractivity contribution in [3.63, 3.8) is 0 Å². The molecule has 5 nitrogen and oxygen atoms in total. The Balaban J connectivity index is 1.84. The Morgan fingerprint density at radius 3 is 2.82 bits per heavy atom. The zero-order valence-corrected chi connectivity index (χ0v) is 10.6. The van der Waals surface area contributed by atoms with Crippen LogP contribution in [-0.4, -0.2) is 46.4 Å². The van der Waals surface area contributed by atoms with Gasteiger partial charge in [0, 0.05) is 6.42 Å². The molecule has 0 radical (unpaired) electrons. The number of rotatable bonds is 4. The molecule has 1 aromatic rings. The largest absolute Gasteiger partial charge is 0.393 e. The fourth-order valence-corrected chi connectivity index (χ4v) is 2.23. The van der Waals surface area contributed by atoms with Gasteiger partial charge in [0.15, 0.2) is 5.82 Å². The molecule has 1 atom stereocenters. The van der Waals surface area contributed by atoms with Crippen molar-refractivity contribution in [2.75, 3.05) is 20.1 Å². The molecule has 0 saturated carbocycles. The van der Waals surface area contributed by atoms with Crippen LogP contribution in [0, 0.1) is 5.92 Å². The maximum Gasteiger partial charge on any atom is 0.229 e. The van der Waals surface area contributed by atoms with Crippen molar-refractivity contribution in [2.45, 2.75) is 38.7 Å². The third-order valence-electron chi connectivity index (χ3n) is 3.29. The highest BCUT2D eigenvalue weighted by Crippen LogP contribution is 2.19. The van der Waals surface area contributed by atoms with Gasteiger partial charge in [-0.05, 0) is 45.8 Å². The van der Waals surface area contributed by atoms with Crippen molar-refractivity contribution in [3.05, 3.63) is 11.7 Å². The lowest BCUT2D eigenvalue weighted by Gasteiger charge is -2.28. The molecule has 1 fully saturated rings. The van der Waals surface area contributed by atoms with E-state index in [0.29, 0.717) is 18.2 Å². The van der Waals surface area contributed by atoms with Crippen molar-refractivity contribution in [3.8, 4) is 0 Å².